The summed E-state index contributed by atoms with van der Waals surface area (Å²) in [5.74, 6) is -0.305. The molecule has 0 fully saturated rings. The standard InChI is InChI=1S/C15H10FN5/c16-12-8-14-10(3-1-5-17-14)7-11(12)9-21-15-13(19-20-21)4-2-6-18-15/h1-8H,9H2. The predicted octanol–water partition coefficient (Wildman–Crippen LogP) is 2.56. The summed E-state index contributed by atoms with van der Waals surface area (Å²) in [4.78, 5) is 8.38. The quantitative estimate of drug-likeness (QED) is 0.566. The summed E-state index contributed by atoms with van der Waals surface area (Å²) >= 11 is 0. The highest BCUT2D eigenvalue weighted by atomic mass is 19.1. The van der Waals surface area contributed by atoms with Crippen molar-refractivity contribution < 1.29 is 4.39 Å². The highest BCUT2D eigenvalue weighted by molar-refractivity contribution is 5.79. The van der Waals surface area contributed by atoms with Crippen LogP contribution < -0.4 is 0 Å². The first-order valence-corrected chi connectivity index (χ1v) is 6.48. The Hall–Kier alpha value is -2.89. The average Bonchev–Trinajstić information content (AvgIpc) is 2.91. The third-order valence-corrected chi connectivity index (χ3v) is 3.36. The molecule has 6 heteroatoms. The number of benzene rings is 1. The van der Waals surface area contributed by atoms with Crippen LogP contribution in [0.2, 0.25) is 0 Å². The van der Waals surface area contributed by atoms with E-state index in [1.165, 1.54) is 6.07 Å². The topological polar surface area (TPSA) is 56.5 Å². The van der Waals surface area contributed by atoms with Crippen molar-refractivity contribution in [2.24, 2.45) is 0 Å². The Morgan fingerprint density at radius 1 is 1.00 bits per heavy atom. The Balaban J connectivity index is 1.82. The van der Waals surface area contributed by atoms with Crippen LogP contribution in [-0.4, -0.2) is 25.0 Å². The molecular formula is C15H10FN5. The summed E-state index contributed by atoms with van der Waals surface area (Å²) in [5.41, 5.74) is 2.51. The fourth-order valence-electron chi connectivity index (χ4n) is 2.34. The fraction of sp³-hybridized carbons (Fsp3) is 0.0667. The zero-order valence-corrected chi connectivity index (χ0v) is 10.9. The summed E-state index contributed by atoms with van der Waals surface area (Å²) in [7, 11) is 0. The van der Waals surface area contributed by atoms with E-state index < -0.39 is 0 Å². The van der Waals surface area contributed by atoms with Gasteiger partial charge in [-0.15, -0.1) is 5.10 Å². The molecule has 3 heterocycles. The third kappa shape index (κ3) is 2.01. The van der Waals surface area contributed by atoms with E-state index in [9.17, 15) is 4.39 Å². The summed E-state index contributed by atoms with van der Waals surface area (Å²) in [5, 5.41) is 8.95. The van der Waals surface area contributed by atoms with Gasteiger partial charge in [-0.3, -0.25) is 4.98 Å². The summed E-state index contributed by atoms with van der Waals surface area (Å²) < 4.78 is 15.8. The SMILES string of the molecule is Fc1cc2ncccc2cc1Cn1nnc2cccnc21. The largest absolute Gasteiger partial charge is 0.256 e. The van der Waals surface area contributed by atoms with Crippen molar-refractivity contribution in [3.8, 4) is 0 Å². The lowest BCUT2D eigenvalue weighted by Gasteiger charge is -2.05. The van der Waals surface area contributed by atoms with Crippen LogP contribution in [0.3, 0.4) is 0 Å². The second-order valence-electron chi connectivity index (χ2n) is 4.73. The first-order valence-electron chi connectivity index (χ1n) is 6.48. The van der Waals surface area contributed by atoms with E-state index in [0.717, 1.165) is 5.39 Å². The first-order chi connectivity index (χ1) is 10.3. The third-order valence-electron chi connectivity index (χ3n) is 3.36. The molecule has 4 aromatic rings. The van der Waals surface area contributed by atoms with Crippen LogP contribution in [-0.2, 0) is 6.54 Å². The number of fused-ring (bicyclic) bond motifs is 2. The molecule has 0 radical (unpaired) electrons. The van der Waals surface area contributed by atoms with Gasteiger partial charge in [0.15, 0.2) is 5.65 Å². The van der Waals surface area contributed by atoms with E-state index in [4.69, 9.17) is 0 Å². The van der Waals surface area contributed by atoms with Crippen LogP contribution in [0.15, 0.2) is 48.8 Å². The number of hydrogen-bond donors (Lipinski definition) is 0. The van der Waals surface area contributed by atoms with Gasteiger partial charge in [0.2, 0.25) is 0 Å². The number of aromatic nitrogens is 5. The molecule has 0 atom stereocenters. The van der Waals surface area contributed by atoms with Gasteiger partial charge >= 0.3 is 0 Å². The molecule has 1 aromatic carbocycles. The molecule has 0 spiro atoms. The molecule has 0 aliphatic carbocycles. The summed E-state index contributed by atoms with van der Waals surface area (Å²) in [6.45, 7) is 0.282. The molecule has 0 saturated heterocycles. The Kier molecular flexibility index (Phi) is 2.60. The van der Waals surface area contributed by atoms with Gasteiger partial charge in [0.25, 0.3) is 0 Å². The molecule has 5 nitrogen and oxygen atoms in total. The van der Waals surface area contributed by atoms with Crippen LogP contribution in [0.4, 0.5) is 4.39 Å². The maximum Gasteiger partial charge on any atom is 0.178 e. The van der Waals surface area contributed by atoms with Crippen LogP contribution in [0.5, 0.6) is 0 Å². The van der Waals surface area contributed by atoms with Gasteiger partial charge in [0.05, 0.1) is 12.1 Å². The maximum atomic E-state index is 14.2. The highest BCUT2D eigenvalue weighted by Gasteiger charge is 2.10. The van der Waals surface area contributed by atoms with E-state index in [0.29, 0.717) is 22.2 Å². The van der Waals surface area contributed by atoms with Crippen LogP contribution in [0, 0.1) is 5.82 Å². The van der Waals surface area contributed by atoms with Gasteiger partial charge in [-0.2, -0.15) is 0 Å². The van der Waals surface area contributed by atoms with Crippen molar-refractivity contribution in [3.63, 3.8) is 0 Å². The van der Waals surface area contributed by atoms with E-state index in [1.54, 1.807) is 29.2 Å². The molecule has 3 aromatic heterocycles. The summed E-state index contributed by atoms with van der Waals surface area (Å²) in [6, 6.07) is 10.6. The number of nitrogens with zero attached hydrogens (tertiary/aromatic N) is 5. The Labute approximate surface area is 119 Å². The van der Waals surface area contributed by atoms with Gasteiger partial charge < -0.3 is 0 Å². The lowest BCUT2D eigenvalue weighted by atomic mass is 10.1. The predicted molar refractivity (Wildman–Crippen MR) is 76.1 cm³/mol. The molecule has 0 bridgehead atoms. The van der Waals surface area contributed by atoms with Gasteiger partial charge in [-0.05, 0) is 24.3 Å². The molecule has 21 heavy (non-hydrogen) atoms. The molecule has 4 rings (SSSR count). The fourth-order valence-corrected chi connectivity index (χ4v) is 2.34. The van der Waals surface area contributed by atoms with Crippen molar-refractivity contribution in [3.05, 3.63) is 60.2 Å². The van der Waals surface area contributed by atoms with E-state index in [1.807, 2.05) is 18.2 Å². The Morgan fingerprint density at radius 2 is 1.86 bits per heavy atom. The molecule has 0 N–H and O–H groups in total. The number of rotatable bonds is 2. The van der Waals surface area contributed by atoms with E-state index in [-0.39, 0.29) is 12.4 Å². The van der Waals surface area contributed by atoms with E-state index >= 15 is 0 Å². The van der Waals surface area contributed by atoms with Gasteiger partial charge in [0.1, 0.15) is 11.3 Å². The van der Waals surface area contributed by atoms with Crippen molar-refractivity contribution in [1.82, 2.24) is 25.0 Å². The first kappa shape index (κ1) is 11.9. The second-order valence-corrected chi connectivity index (χ2v) is 4.73. The minimum Gasteiger partial charge on any atom is -0.256 e. The second kappa shape index (κ2) is 4.59. The lowest BCUT2D eigenvalue weighted by molar-refractivity contribution is 0.583. The number of hydrogen-bond acceptors (Lipinski definition) is 4. The van der Waals surface area contributed by atoms with Crippen molar-refractivity contribution in [2.45, 2.75) is 6.54 Å². The van der Waals surface area contributed by atoms with Crippen LogP contribution >= 0.6 is 0 Å². The average molecular weight is 279 g/mol. The maximum absolute atomic E-state index is 14.2. The normalized spacial score (nSPS) is 11.3. The molecule has 0 aliphatic rings. The van der Waals surface area contributed by atoms with Crippen LogP contribution in [0.1, 0.15) is 5.56 Å². The smallest absolute Gasteiger partial charge is 0.178 e. The van der Waals surface area contributed by atoms with Gasteiger partial charge in [-0.1, -0.05) is 11.3 Å². The molecular weight excluding hydrogens is 269 g/mol. The van der Waals surface area contributed by atoms with E-state index in [2.05, 4.69) is 20.3 Å². The number of pyridine rings is 2. The minimum absolute atomic E-state index is 0.282. The van der Waals surface area contributed by atoms with Gasteiger partial charge in [0, 0.05) is 29.4 Å². The van der Waals surface area contributed by atoms with Crippen molar-refractivity contribution >= 4 is 22.1 Å². The summed E-state index contributed by atoms with van der Waals surface area (Å²) in [6.07, 6.45) is 3.32. The molecule has 0 amide bonds. The number of halogens is 1. The minimum atomic E-state index is -0.305. The molecule has 0 aliphatic heterocycles. The zero-order valence-electron chi connectivity index (χ0n) is 10.9. The monoisotopic (exact) mass is 279 g/mol. The Morgan fingerprint density at radius 3 is 2.81 bits per heavy atom. The van der Waals surface area contributed by atoms with Gasteiger partial charge in [-0.25, -0.2) is 14.1 Å². The zero-order chi connectivity index (χ0) is 14.2. The molecule has 0 saturated carbocycles. The molecule has 102 valence electrons. The van der Waals surface area contributed by atoms with Crippen molar-refractivity contribution in [1.29, 1.82) is 0 Å². The Bertz CT molecular complexity index is 947. The van der Waals surface area contributed by atoms with Crippen molar-refractivity contribution in [2.75, 3.05) is 0 Å². The van der Waals surface area contributed by atoms with Crippen LogP contribution in [0.25, 0.3) is 22.1 Å². The highest BCUT2D eigenvalue weighted by Crippen LogP contribution is 2.19. The lowest BCUT2D eigenvalue weighted by Crippen LogP contribution is -2.05. The molecule has 0 unspecified atom stereocenters.